The van der Waals surface area contributed by atoms with Crippen molar-refractivity contribution in [1.82, 2.24) is 5.32 Å². The van der Waals surface area contributed by atoms with E-state index in [1.165, 1.54) is 11.1 Å². The molecule has 1 aromatic carbocycles. The second-order valence-corrected chi connectivity index (χ2v) is 8.31. The molecule has 1 aliphatic carbocycles. The van der Waals surface area contributed by atoms with Gasteiger partial charge in [-0.15, -0.1) is 0 Å². The number of carbonyl (C=O) groups is 2. The van der Waals surface area contributed by atoms with E-state index in [-0.39, 0.29) is 18.3 Å². The van der Waals surface area contributed by atoms with E-state index in [0.717, 1.165) is 18.4 Å². The van der Waals surface area contributed by atoms with E-state index in [1.807, 2.05) is 27.7 Å². The highest BCUT2D eigenvalue weighted by Gasteiger charge is 2.27. The van der Waals surface area contributed by atoms with Crippen LogP contribution in [0.15, 0.2) is 42.5 Å². The lowest BCUT2D eigenvalue weighted by Crippen LogP contribution is -2.43. The van der Waals surface area contributed by atoms with Gasteiger partial charge in [0.2, 0.25) is 0 Å². The molecule has 1 N–H and O–H groups in total. The van der Waals surface area contributed by atoms with Crippen LogP contribution in [0.1, 0.15) is 70.9 Å². The molecule has 1 aliphatic rings. The maximum atomic E-state index is 12.3. The number of rotatable bonds is 7. The minimum absolute atomic E-state index is 0.0862. The van der Waals surface area contributed by atoms with E-state index in [2.05, 4.69) is 47.8 Å². The molecule has 1 amide bonds. The topological polar surface area (TPSA) is 64.6 Å². The van der Waals surface area contributed by atoms with Gasteiger partial charge in [-0.1, -0.05) is 49.4 Å². The van der Waals surface area contributed by atoms with Crippen LogP contribution in [0.4, 0.5) is 4.79 Å². The fourth-order valence-corrected chi connectivity index (χ4v) is 3.25. The van der Waals surface area contributed by atoms with Crippen molar-refractivity contribution in [1.29, 1.82) is 0 Å². The fourth-order valence-electron chi connectivity index (χ4n) is 3.25. The lowest BCUT2D eigenvalue weighted by molar-refractivity contribution is -0.143. The SMILES string of the molecule is CCOC(=O)CC(NC(=O)OC(C)(C)C)C(C)c1ccc(C2=CCCC=C2)cc1. The van der Waals surface area contributed by atoms with Gasteiger partial charge in [0.05, 0.1) is 13.0 Å². The third-order valence-corrected chi connectivity index (χ3v) is 4.76. The normalized spacial score (nSPS) is 15.8. The van der Waals surface area contributed by atoms with Gasteiger partial charge in [-0.25, -0.2) is 4.79 Å². The summed E-state index contributed by atoms with van der Waals surface area (Å²) in [5.41, 5.74) is 2.83. The van der Waals surface area contributed by atoms with Gasteiger partial charge in [0.15, 0.2) is 0 Å². The Hall–Kier alpha value is -2.56. The van der Waals surface area contributed by atoms with E-state index in [0.29, 0.717) is 6.61 Å². The number of esters is 1. The molecule has 5 heteroatoms. The maximum Gasteiger partial charge on any atom is 0.407 e. The van der Waals surface area contributed by atoms with Gasteiger partial charge in [-0.2, -0.15) is 0 Å². The van der Waals surface area contributed by atoms with E-state index < -0.39 is 17.7 Å². The number of hydrogen-bond acceptors (Lipinski definition) is 4. The van der Waals surface area contributed by atoms with Gasteiger partial charge < -0.3 is 14.8 Å². The Balaban J connectivity index is 2.15. The molecule has 29 heavy (non-hydrogen) atoms. The summed E-state index contributed by atoms with van der Waals surface area (Å²) in [4.78, 5) is 24.4. The van der Waals surface area contributed by atoms with Gasteiger partial charge in [0.25, 0.3) is 0 Å². The summed E-state index contributed by atoms with van der Waals surface area (Å²) in [5.74, 6) is -0.425. The second kappa shape index (κ2) is 10.3. The number of allylic oxidation sites excluding steroid dienone is 4. The number of amides is 1. The molecular weight excluding hydrogens is 366 g/mol. The fraction of sp³-hybridized carbons (Fsp3) is 0.500. The monoisotopic (exact) mass is 399 g/mol. The Kier molecular flexibility index (Phi) is 8.06. The van der Waals surface area contributed by atoms with Crippen LogP contribution in [0, 0.1) is 0 Å². The molecule has 0 aromatic heterocycles. The summed E-state index contributed by atoms with van der Waals surface area (Å²) in [6.45, 7) is 9.50. The molecule has 1 aromatic rings. The smallest absolute Gasteiger partial charge is 0.407 e. The largest absolute Gasteiger partial charge is 0.466 e. The first kappa shape index (κ1) is 22.7. The quantitative estimate of drug-likeness (QED) is 0.626. The minimum Gasteiger partial charge on any atom is -0.466 e. The summed E-state index contributed by atoms with van der Waals surface area (Å²) in [6.07, 6.45) is 8.28. The van der Waals surface area contributed by atoms with Gasteiger partial charge in [0.1, 0.15) is 5.60 Å². The molecule has 0 saturated heterocycles. The molecule has 0 spiro atoms. The molecular formula is C24H33NO4. The van der Waals surface area contributed by atoms with Crippen molar-refractivity contribution in [2.75, 3.05) is 6.61 Å². The van der Waals surface area contributed by atoms with E-state index >= 15 is 0 Å². The standard InChI is InChI=1S/C24H33NO4/c1-6-28-22(26)16-21(25-23(27)29-24(3,4)5)17(2)18-12-14-20(15-13-18)19-10-8-7-9-11-19/h8,10-15,17,21H,6-7,9,16H2,1-5H3,(H,25,27). The summed E-state index contributed by atoms with van der Waals surface area (Å²) in [6, 6.07) is 7.85. The molecule has 2 unspecified atom stereocenters. The third kappa shape index (κ3) is 7.41. The van der Waals surface area contributed by atoms with Crippen molar-refractivity contribution < 1.29 is 19.1 Å². The molecule has 0 radical (unpaired) electrons. The zero-order valence-corrected chi connectivity index (χ0v) is 18.2. The molecule has 0 aliphatic heterocycles. The Bertz CT molecular complexity index is 756. The molecule has 0 bridgehead atoms. The van der Waals surface area contributed by atoms with Crippen LogP contribution in [0.25, 0.3) is 5.57 Å². The number of alkyl carbamates (subject to hydrolysis) is 1. The average Bonchev–Trinajstić information content (AvgIpc) is 2.66. The summed E-state index contributed by atoms with van der Waals surface area (Å²) in [7, 11) is 0. The van der Waals surface area contributed by atoms with E-state index in [4.69, 9.17) is 9.47 Å². The zero-order chi connectivity index (χ0) is 21.4. The zero-order valence-electron chi connectivity index (χ0n) is 18.2. The van der Waals surface area contributed by atoms with Gasteiger partial charge in [0, 0.05) is 12.0 Å². The summed E-state index contributed by atoms with van der Waals surface area (Å²) >= 11 is 0. The highest BCUT2D eigenvalue weighted by atomic mass is 16.6. The summed E-state index contributed by atoms with van der Waals surface area (Å²) in [5, 5.41) is 2.85. The maximum absolute atomic E-state index is 12.3. The first-order chi connectivity index (χ1) is 13.7. The molecule has 0 fully saturated rings. The van der Waals surface area contributed by atoms with Gasteiger partial charge >= 0.3 is 12.1 Å². The lowest BCUT2D eigenvalue weighted by atomic mass is 9.89. The van der Waals surface area contributed by atoms with Gasteiger partial charge in [-0.05, 0) is 57.2 Å². The molecule has 0 saturated carbocycles. The Morgan fingerprint density at radius 1 is 1.14 bits per heavy atom. The third-order valence-electron chi connectivity index (χ3n) is 4.76. The van der Waals surface area contributed by atoms with Crippen molar-refractivity contribution in [3.05, 3.63) is 53.6 Å². The van der Waals surface area contributed by atoms with Crippen molar-refractivity contribution in [3.8, 4) is 0 Å². The number of hydrogen-bond donors (Lipinski definition) is 1. The van der Waals surface area contributed by atoms with Crippen molar-refractivity contribution in [2.45, 2.75) is 71.4 Å². The predicted molar refractivity (Wildman–Crippen MR) is 116 cm³/mol. The Morgan fingerprint density at radius 3 is 2.38 bits per heavy atom. The highest BCUT2D eigenvalue weighted by Crippen LogP contribution is 2.26. The molecule has 158 valence electrons. The Labute approximate surface area is 174 Å². The second-order valence-electron chi connectivity index (χ2n) is 8.31. The van der Waals surface area contributed by atoms with Crippen molar-refractivity contribution in [3.63, 3.8) is 0 Å². The minimum atomic E-state index is -0.606. The first-order valence-electron chi connectivity index (χ1n) is 10.3. The number of carbonyl (C=O) groups excluding carboxylic acids is 2. The van der Waals surface area contributed by atoms with E-state index in [1.54, 1.807) is 6.92 Å². The number of benzene rings is 1. The number of ether oxygens (including phenoxy) is 2. The first-order valence-corrected chi connectivity index (χ1v) is 10.3. The molecule has 5 nitrogen and oxygen atoms in total. The van der Waals surface area contributed by atoms with Crippen LogP contribution in [-0.4, -0.2) is 30.3 Å². The van der Waals surface area contributed by atoms with Crippen LogP contribution < -0.4 is 5.32 Å². The van der Waals surface area contributed by atoms with Crippen LogP contribution in [0.2, 0.25) is 0 Å². The predicted octanol–water partition coefficient (Wildman–Crippen LogP) is 5.37. The number of nitrogens with one attached hydrogen (secondary N) is 1. The summed E-state index contributed by atoms with van der Waals surface area (Å²) < 4.78 is 10.5. The van der Waals surface area contributed by atoms with Crippen molar-refractivity contribution >= 4 is 17.6 Å². The lowest BCUT2D eigenvalue weighted by Gasteiger charge is -2.27. The van der Waals surface area contributed by atoms with Crippen LogP contribution in [0.3, 0.4) is 0 Å². The molecule has 2 rings (SSSR count). The average molecular weight is 400 g/mol. The van der Waals surface area contributed by atoms with Crippen LogP contribution in [-0.2, 0) is 14.3 Å². The van der Waals surface area contributed by atoms with E-state index in [9.17, 15) is 9.59 Å². The van der Waals surface area contributed by atoms with Crippen molar-refractivity contribution in [2.24, 2.45) is 0 Å². The molecule has 2 atom stereocenters. The van der Waals surface area contributed by atoms with Gasteiger partial charge in [-0.3, -0.25) is 4.79 Å². The Morgan fingerprint density at radius 2 is 1.83 bits per heavy atom. The van der Waals surface area contributed by atoms with Crippen LogP contribution in [0.5, 0.6) is 0 Å². The molecule has 0 heterocycles. The van der Waals surface area contributed by atoms with Crippen LogP contribution >= 0.6 is 0 Å². The highest BCUT2D eigenvalue weighted by molar-refractivity contribution is 5.75.